The molecular formula is C17H29NO. The molecule has 0 heterocycles. The molecule has 0 aliphatic heterocycles. The van der Waals surface area contributed by atoms with Gasteiger partial charge in [-0.2, -0.15) is 0 Å². The fraction of sp³-hybridized carbons (Fsp3) is 0.647. The number of hydrogen-bond donors (Lipinski definition) is 1. The molecule has 2 heteroatoms. The van der Waals surface area contributed by atoms with Crippen molar-refractivity contribution in [2.45, 2.75) is 52.5 Å². The SMILES string of the molecule is CCCC(C)C(CCc1ccc(OC)cc1)NCC. The first-order valence-electron chi connectivity index (χ1n) is 7.57. The molecule has 2 nitrogen and oxygen atoms in total. The van der Waals surface area contributed by atoms with E-state index in [9.17, 15) is 0 Å². The van der Waals surface area contributed by atoms with E-state index in [-0.39, 0.29) is 0 Å². The molecule has 0 amide bonds. The summed E-state index contributed by atoms with van der Waals surface area (Å²) in [5.41, 5.74) is 1.40. The Bertz CT molecular complexity index is 334. The van der Waals surface area contributed by atoms with Gasteiger partial charge >= 0.3 is 0 Å². The van der Waals surface area contributed by atoms with Gasteiger partial charge in [0.1, 0.15) is 5.75 Å². The third-order valence-electron chi connectivity index (χ3n) is 3.80. The van der Waals surface area contributed by atoms with Crippen LogP contribution in [-0.2, 0) is 6.42 Å². The summed E-state index contributed by atoms with van der Waals surface area (Å²) in [6.07, 6.45) is 4.92. The zero-order valence-electron chi connectivity index (χ0n) is 12.9. The fourth-order valence-corrected chi connectivity index (χ4v) is 2.62. The van der Waals surface area contributed by atoms with E-state index in [1.807, 2.05) is 12.1 Å². The number of aryl methyl sites for hydroxylation is 1. The maximum atomic E-state index is 5.19. The summed E-state index contributed by atoms with van der Waals surface area (Å²) < 4.78 is 5.19. The zero-order valence-corrected chi connectivity index (χ0v) is 12.9. The molecule has 1 rings (SSSR count). The normalized spacial score (nSPS) is 14.1. The van der Waals surface area contributed by atoms with E-state index in [0.717, 1.165) is 24.6 Å². The van der Waals surface area contributed by atoms with Crippen molar-refractivity contribution in [1.29, 1.82) is 0 Å². The average Bonchev–Trinajstić information content (AvgIpc) is 2.44. The first kappa shape index (κ1) is 16.0. The first-order valence-corrected chi connectivity index (χ1v) is 7.57. The monoisotopic (exact) mass is 263 g/mol. The second-order valence-corrected chi connectivity index (χ2v) is 5.32. The van der Waals surface area contributed by atoms with Crippen molar-refractivity contribution in [2.24, 2.45) is 5.92 Å². The van der Waals surface area contributed by atoms with Gasteiger partial charge in [0, 0.05) is 6.04 Å². The molecule has 0 fully saturated rings. The maximum Gasteiger partial charge on any atom is 0.118 e. The van der Waals surface area contributed by atoms with E-state index < -0.39 is 0 Å². The number of benzene rings is 1. The second kappa shape index (κ2) is 8.98. The van der Waals surface area contributed by atoms with Crippen LogP contribution in [0, 0.1) is 5.92 Å². The third kappa shape index (κ3) is 5.65. The predicted molar refractivity (Wildman–Crippen MR) is 82.9 cm³/mol. The topological polar surface area (TPSA) is 21.3 Å². The van der Waals surface area contributed by atoms with Gasteiger partial charge in [-0.3, -0.25) is 0 Å². The van der Waals surface area contributed by atoms with Crippen LogP contribution < -0.4 is 10.1 Å². The highest BCUT2D eigenvalue weighted by atomic mass is 16.5. The van der Waals surface area contributed by atoms with Crippen molar-refractivity contribution < 1.29 is 4.74 Å². The molecule has 0 saturated carbocycles. The van der Waals surface area contributed by atoms with Crippen LogP contribution in [0.1, 0.15) is 45.6 Å². The van der Waals surface area contributed by atoms with Crippen LogP contribution in [0.4, 0.5) is 0 Å². The summed E-state index contributed by atoms with van der Waals surface area (Å²) in [7, 11) is 1.71. The van der Waals surface area contributed by atoms with Crippen molar-refractivity contribution in [3.63, 3.8) is 0 Å². The van der Waals surface area contributed by atoms with Gasteiger partial charge in [-0.25, -0.2) is 0 Å². The Morgan fingerprint density at radius 2 is 1.79 bits per heavy atom. The van der Waals surface area contributed by atoms with Gasteiger partial charge in [0.25, 0.3) is 0 Å². The lowest BCUT2D eigenvalue weighted by atomic mass is 9.92. The van der Waals surface area contributed by atoms with Gasteiger partial charge in [0.2, 0.25) is 0 Å². The molecule has 2 unspecified atom stereocenters. The lowest BCUT2D eigenvalue weighted by molar-refractivity contribution is 0.342. The molecule has 1 N–H and O–H groups in total. The summed E-state index contributed by atoms with van der Waals surface area (Å²) in [6.45, 7) is 7.88. The van der Waals surface area contributed by atoms with Crippen molar-refractivity contribution in [3.8, 4) is 5.75 Å². The van der Waals surface area contributed by atoms with E-state index in [0.29, 0.717) is 6.04 Å². The van der Waals surface area contributed by atoms with Crippen LogP contribution in [-0.4, -0.2) is 19.7 Å². The average molecular weight is 263 g/mol. The molecule has 0 radical (unpaired) electrons. The zero-order chi connectivity index (χ0) is 14.1. The number of ether oxygens (including phenoxy) is 1. The van der Waals surface area contributed by atoms with Crippen LogP contribution in [0.3, 0.4) is 0 Å². The highest BCUT2D eigenvalue weighted by Crippen LogP contribution is 2.18. The van der Waals surface area contributed by atoms with Gasteiger partial charge in [0.15, 0.2) is 0 Å². The molecule has 108 valence electrons. The number of hydrogen-bond acceptors (Lipinski definition) is 2. The maximum absolute atomic E-state index is 5.19. The van der Waals surface area contributed by atoms with E-state index in [1.54, 1.807) is 7.11 Å². The smallest absolute Gasteiger partial charge is 0.118 e. The minimum absolute atomic E-state index is 0.632. The lowest BCUT2D eigenvalue weighted by Gasteiger charge is -2.24. The number of methoxy groups -OCH3 is 1. The summed E-state index contributed by atoms with van der Waals surface area (Å²) in [4.78, 5) is 0. The van der Waals surface area contributed by atoms with Crippen LogP contribution >= 0.6 is 0 Å². The van der Waals surface area contributed by atoms with Crippen LogP contribution in [0.15, 0.2) is 24.3 Å². The minimum Gasteiger partial charge on any atom is -0.497 e. The van der Waals surface area contributed by atoms with Gasteiger partial charge in [-0.05, 0) is 49.4 Å². The van der Waals surface area contributed by atoms with Gasteiger partial charge in [0.05, 0.1) is 7.11 Å². The summed E-state index contributed by atoms with van der Waals surface area (Å²) in [5.74, 6) is 1.69. The largest absolute Gasteiger partial charge is 0.497 e. The molecule has 0 aliphatic rings. The highest BCUT2D eigenvalue weighted by molar-refractivity contribution is 5.27. The van der Waals surface area contributed by atoms with E-state index in [1.165, 1.54) is 24.8 Å². The minimum atomic E-state index is 0.632. The van der Waals surface area contributed by atoms with Crippen LogP contribution in [0.25, 0.3) is 0 Å². The summed E-state index contributed by atoms with van der Waals surface area (Å²) in [5, 5.41) is 3.64. The van der Waals surface area contributed by atoms with E-state index >= 15 is 0 Å². The van der Waals surface area contributed by atoms with Crippen LogP contribution in [0.5, 0.6) is 5.75 Å². The Morgan fingerprint density at radius 1 is 1.11 bits per heavy atom. The van der Waals surface area contributed by atoms with Crippen molar-refractivity contribution in [1.82, 2.24) is 5.32 Å². The predicted octanol–water partition coefficient (Wildman–Crippen LogP) is 4.04. The molecule has 0 saturated heterocycles. The van der Waals surface area contributed by atoms with Crippen molar-refractivity contribution in [3.05, 3.63) is 29.8 Å². The third-order valence-corrected chi connectivity index (χ3v) is 3.80. The Labute approximate surface area is 118 Å². The van der Waals surface area contributed by atoms with Crippen molar-refractivity contribution >= 4 is 0 Å². The summed E-state index contributed by atoms with van der Waals surface area (Å²) in [6, 6.07) is 9.07. The number of nitrogens with one attached hydrogen (secondary N) is 1. The Hall–Kier alpha value is -1.02. The quantitative estimate of drug-likeness (QED) is 0.726. The van der Waals surface area contributed by atoms with E-state index in [4.69, 9.17) is 4.74 Å². The Morgan fingerprint density at radius 3 is 2.32 bits per heavy atom. The molecule has 19 heavy (non-hydrogen) atoms. The molecular weight excluding hydrogens is 234 g/mol. The van der Waals surface area contributed by atoms with Crippen LogP contribution in [0.2, 0.25) is 0 Å². The first-order chi connectivity index (χ1) is 9.21. The lowest BCUT2D eigenvalue weighted by Crippen LogP contribution is -2.35. The molecule has 2 atom stereocenters. The molecule has 0 spiro atoms. The molecule has 0 aliphatic carbocycles. The second-order valence-electron chi connectivity index (χ2n) is 5.32. The van der Waals surface area contributed by atoms with E-state index in [2.05, 4.69) is 38.2 Å². The molecule has 1 aromatic carbocycles. The van der Waals surface area contributed by atoms with Gasteiger partial charge in [-0.1, -0.05) is 39.3 Å². The highest BCUT2D eigenvalue weighted by Gasteiger charge is 2.15. The Kier molecular flexibility index (Phi) is 7.57. The van der Waals surface area contributed by atoms with Crippen molar-refractivity contribution in [2.75, 3.05) is 13.7 Å². The Balaban J connectivity index is 2.49. The molecule has 0 aromatic heterocycles. The molecule has 0 bridgehead atoms. The standard InChI is InChI=1S/C17H29NO/c1-5-7-14(3)17(18-6-2)13-10-15-8-11-16(19-4)12-9-15/h8-9,11-12,14,17-18H,5-7,10,13H2,1-4H3. The fourth-order valence-electron chi connectivity index (χ4n) is 2.62. The van der Waals surface area contributed by atoms with Gasteiger partial charge < -0.3 is 10.1 Å². The van der Waals surface area contributed by atoms with Gasteiger partial charge in [-0.15, -0.1) is 0 Å². The number of rotatable bonds is 9. The molecule has 1 aromatic rings. The summed E-state index contributed by atoms with van der Waals surface area (Å²) >= 11 is 0.